The van der Waals surface area contributed by atoms with Gasteiger partial charge in [0.15, 0.2) is 0 Å². The Kier molecular flexibility index (Phi) is 6.60. The van der Waals surface area contributed by atoms with Gasteiger partial charge in [0.25, 0.3) is 11.8 Å². The molecule has 0 radical (unpaired) electrons. The van der Waals surface area contributed by atoms with Crippen molar-refractivity contribution < 1.29 is 14.4 Å². The minimum atomic E-state index is -1.22. The normalized spacial score (nSPS) is 18.3. The number of likely N-dealkylation sites (N-methyl/N-ethyl adjacent to an activating group) is 1. The van der Waals surface area contributed by atoms with Gasteiger partial charge in [0.1, 0.15) is 5.54 Å². The van der Waals surface area contributed by atoms with Crippen molar-refractivity contribution in [1.82, 2.24) is 20.7 Å². The Bertz CT molecular complexity index is 945. The number of hydrazine groups is 1. The van der Waals surface area contributed by atoms with Gasteiger partial charge in [-0.05, 0) is 36.7 Å². The van der Waals surface area contributed by atoms with Gasteiger partial charge in [-0.1, -0.05) is 49.4 Å². The number of urea groups is 1. The van der Waals surface area contributed by atoms with Crippen LogP contribution in [-0.4, -0.2) is 54.9 Å². The van der Waals surface area contributed by atoms with Crippen LogP contribution in [0.25, 0.3) is 0 Å². The number of carbonyl (C=O) groups is 3. The number of nitrogens with zero attached hydrogens (tertiary/aromatic N) is 3. The average Bonchev–Trinajstić information content (AvgIpc) is 2.98. The second-order valence-corrected chi connectivity index (χ2v) is 7.96. The van der Waals surface area contributed by atoms with Crippen molar-refractivity contribution >= 4 is 23.5 Å². The van der Waals surface area contributed by atoms with E-state index in [1.807, 2.05) is 61.2 Å². The molecule has 4 amide bonds. The molecule has 8 nitrogen and oxygen atoms in total. The van der Waals surface area contributed by atoms with E-state index in [0.717, 1.165) is 16.3 Å². The zero-order valence-corrected chi connectivity index (χ0v) is 18.4. The average molecular weight is 424 g/mol. The first kappa shape index (κ1) is 22.3. The molecule has 2 N–H and O–H groups in total. The Hall–Kier alpha value is -3.39. The van der Waals surface area contributed by atoms with Gasteiger partial charge in [-0.15, -0.1) is 0 Å². The van der Waals surface area contributed by atoms with Gasteiger partial charge in [-0.25, -0.2) is 4.79 Å². The highest BCUT2D eigenvalue weighted by molar-refractivity contribution is 6.08. The van der Waals surface area contributed by atoms with Crippen LogP contribution in [0.2, 0.25) is 0 Å². The minimum Gasteiger partial charge on any atom is -0.378 e. The maximum absolute atomic E-state index is 12.9. The Labute approximate surface area is 182 Å². The number of hydrogen-bond acceptors (Lipinski definition) is 5. The van der Waals surface area contributed by atoms with Crippen LogP contribution < -0.4 is 15.6 Å². The van der Waals surface area contributed by atoms with E-state index in [2.05, 4.69) is 10.7 Å². The number of benzene rings is 2. The number of imide groups is 1. The van der Waals surface area contributed by atoms with Gasteiger partial charge in [0, 0.05) is 26.3 Å². The van der Waals surface area contributed by atoms with E-state index < -0.39 is 23.4 Å². The Morgan fingerprint density at radius 2 is 1.71 bits per heavy atom. The van der Waals surface area contributed by atoms with Crippen LogP contribution in [0, 0.1) is 0 Å². The fourth-order valence-electron chi connectivity index (χ4n) is 3.51. The first-order chi connectivity index (χ1) is 14.7. The molecule has 0 spiro atoms. The molecule has 0 saturated carbocycles. The lowest BCUT2D eigenvalue weighted by Gasteiger charge is -2.23. The molecule has 8 heteroatoms. The summed E-state index contributed by atoms with van der Waals surface area (Å²) in [6.45, 7) is 4.88. The first-order valence-electron chi connectivity index (χ1n) is 10.2. The summed E-state index contributed by atoms with van der Waals surface area (Å²) in [5, 5.41) is 3.45. The smallest absolute Gasteiger partial charge is 0.344 e. The fraction of sp³-hybridized carbons (Fsp3) is 0.348. The molecular formula is C23H29N5O3. The molecule has 0 unspecified atom stereocenters. The fourth-order valence-corrected chi connectivity index (χ4v) is 3.51. The molecule has 0 aromatic heterocycles. The molecule has 164 valence electrons. The Morgan fingerprint density at radius 1 is 1.06 bits per heavy atom. The van der Waals surface area contributed by atoms with Crippen molar-refractivity contribution in [3.05, 3.63) is 65.7 Å². The van der Waals surface area contributed by atoms with Crippen LogP contribution in [0.3, 0.4) is 0 Å². The molecule has 1 fully saturated rings. The molecule has 1 saturated heterocycles. The van der Waals surface area contributed by atoms with Crippen molar-refractivity contribution in [1.29, 1.82) is 0 Å². The molecule has 1 aliphatic heterocycles. The third kappa shape index (κ3) is 4.86. The van der Waals surface area contributed by atoms with Crippen LogP contribution >= 0.6 is 0 Å². The number of amides is 4. The van der Waals surface area contributed by atoms with E-state index in [1.165, 1.54) is 0 Å². The lowest BCUT2D eigenvalue weighted by Crippen LogP contribution is -2.50. The van der Waals surface area contributed by atoms with Crippen molar-refractivity contribution in [3.8, 4) is 0 Å². The highest BCUT2D eigenvalue weighted by atomic mass is 16.2. The first-order valence-corrected chi connectivity index (χ1v) is 10.2. The molecule has 0 bridgehead atoms. The molecule has 2 aromatic carbocycles. The van der Waals surface area contributed by atoms with E-state index >= 15 is 0 Å². The van der Waals surface area contributed by atoms with Gasteiger partial charge in [0.05, 0.1) is 6.54 Å². The molecule has 2 aromatic rings. The lowest BCUT2D eigenvalue weighted by atomic mass is 9.92. The summed E-state index contributed by atoms with van der Waals surface area (Å²) in [4.78, 5) is 41.9. The monoisotopic (exact) mass is 423 g/mol. The molecule has 3 rings (SSSR count). The van der Waals surface area contributed by atoms with Crippen LogP contribution in [0.5, 0.6) is 0 Å². The van der Waals surface area contributed by atoms with E-state index in [0.29, 0.717) is 18.7 Å². The number of anilines is 1. The summed E-state index contributed by atoms with van der Waals surface area (Å²) < 4.78 is 0. The standard InChI is InChI=1S/C23H29N5O3/c1-5-27(15-17-11-13-19(14-12-17)26(3)4)16-20(29)25-28-21(30)23(2,24-22(28)31)18-9-7-6-8-10-18/h6-14H,5,15-16H2,1-4H3,(H,24,31)(H,25,29)/t23-/m0/s1. The van der Waals surface area contributed by atoms with E-state index in [9.17, 15) is 14.4 Å². The summed E-state index contributed by atoms with van der Waals surface area (Å²) in [7, 11) is 3.96. The molecule has 1 heterocycles. The zero-order valence-electron chi connectivity index (χ0n) is 18.4. The molecular weight excluding hydrogens is 394 g/mol. The lowest BCUT2D eigenvalue weighted by molar-refractivity contribution is -0.139. The van der Waals surface area contributed by atoms with Gasteiger partial charge in [0.2, 0.25) is 0 Å². The maximum Gasteiger partial charge on any atom is 0.344 e. The third-order valence-corrected chi connectivity index (χ3v) is 5.45. The third-order valence-electron chi connectivity index (χ3n) is 5.45. The summed E-state index contributed by atoms with van der Waals surface area (Å²) in [5.41, 5.74) is 4.08. The Balaban J connectivity index is 1.62. The topological polar surface area (TPSA) is 85.0 Å². The van der Waals surface area contributed by atoms with Gasteiger partial charge >= 0.3 is 6.03 Å². The Morgan fingerprint density at radius 3 is 2.29 bits per heavy atom. The van der Waals surface area contributed by atoms with Crippen molar-refractivity contribution in [2.45, 2.75) is 25.9 Å². The number of carbonyl (C=O) groups excluding carboxylic acids is 3. The maximum atomic E-state index is 12.9. The van der Waals surface area contributed by atoms with E-state index in [4.69, 9.17) is 0 Å². The predicted molar refractivity (Wildman–Crippen MR) is 119 cm³/mol. The summed E-state index contributed by atoms with van der Waals surface area (Å²) in [5.74, 6) is -0.938. The largest absolute Gasteiger partial charge is 0.378 e. The number of rotatable bonds is 8. The van der Waals surface area contributed by atoms with E-state index in [-0.39, 0.29) is 6.54 Å². The van der Waals surface area contributed by atoms with E-state index in [1.54, 1.807) is 31.2 Å². The quantitative estimate of drug-likeness (QED) is 0.635. The van der Waals surface area contributed by atoms with Gasteiger partial charge in [-0.3, -0.25) is 19.9 Å². The summed E-state index contributed by atoms with van der Waals surface area (Å²) in [6.07, 6.45) is 0. The van der Waals surface area contributed by atoms with Crippen LogP contribution in [0.15, 0.2) is 54.6 Å². The minimum absolute atomic E-state index is 0.0606. The summed E-state index contributed by atoms with van der Waals surface area (Å²) in [6, 6.07) is 16.4. The highest BCUT2D eigenvalue weighted by Crippen LogP contribution is 2.27. The van der Waals surface area contributed by atoms with Crippen LogP contribution in [0.1, 0.15) is 25.0 Å². The molecule has 1 aliphatic rings. The zero-order chi connectivity index (χ0) is 22.6. The second kappa shape index (κ2) is 9.18. The summed E-state index contributed by atoms with van der Waals surface area (Å²) >= 11 is 0. The number of nitrogens with one attached hydrogen (secondary N) is 2. The molecule has 0 aliphatic carbocycles. The van der Waals surface area contributed by atoms with Gasteiger partial charge < -0.3 is 10.2 Å². The van der Waals surface area contributed by atoms with Crippen LogP contribution in [0.4, 0.5) is 10.5 Å². The van der Waals surface area contributed by atoms with Crippen LogP contribution in [-0.2, 0) is 21.7 Å². The van der Waals surface area contributed by atoms with Crippen molar-refractivity contribution in [2.24, 2.45) is 0 Å². The second-order valence-electron chi connectivity index (χ2n) is 7.96. The van der Waals surface area contributed by atoms with Gasteiger partial charge in [-0.2, -0.15) is 5.01 Å². The SMILES string of the molecule is CCN(CC(=O)NN1C(=O)N[C@@](C)(c2ccccc2)C1=O)Cc1ccc(N(C)C)cc1. The predicted octanol–water partition coefficient (Wildman–Crippen LogP) is 2.07. The molecule has 1 atom stereocenters. The van der Waals surface area contributed by atoms with Crippen molar-refractivity contribution in [3.63, 3.8) is 0 Å². The molecule has 31 heavy (non-hydrogen) atoms. The highest BCUT2D eigenvalue weighted by Gasteiger charge is 2.49. The number of hydrogen-bond donors (Lipinski definition) is 2. The van der Waals surface area contributed by atoms with Crippen molar-refractivity contribution in [2.75, 3.05) is 32.1 Å².